The number of hydrogen-bond donors (Lipinski definition) is 1. The van der Waals surface area contributed by atoms with E-state index in [1.165, 1.54) is 5.56 Å². The predicted octanol–water partition coefficient (Wildman–Crippen LogP) is 2.35. The first-order valence-electron chi connectivity index (χ1n) is 7.25. The van der Waals surface area contributed by atoms with Gasteiger partial charge in [-0.05, 0) is 37.8 Å². The average Bonchev–Trinajstić information content (AvgIpc) is 2.52. The number of amides is 1. The van der Waals surface area contributed by atoms with Gasteiger partial charge >= 0.3 is 0 Å². The number of para-hydroxylation sites is 1. The van der Waals surface area contributed by atoms with Crippen LogP contribution in [0.3, 0.4) is 0 Å². The SMILES string of the molecule is CCC(C)(CN)C(=O)N1CCCc2cccc(OC)c21. The van der Waals surface area contributed by atoms with Crippen molar-refractivity contribution in [3.63, 3.8) is 0 Å². The fourth-order valence-electron chi connectivity index (χ4n) is 2.69. The largest absolute Gasteiger partial charge is 0.495 e. The summed E-state index contributed by atoms with van der Waals surface area (Å²) in [4.78, 5) is 14.8. The molecule has 0 aliphatic carbocycles. The summed E-state index contributed by atoms with van der Waals surface area (Å²) < 4.78 is 5.45. The molecule has 1 aliphatic heterocycles. The Hall–Kier alpha value is -1.55. The first-order chi connectivity index (χ1) is 9.57. The zero-order chi connectivity index (χ0) is 14.8. The smallest absolute Gasteiger partial charge is 0.234 e. The van der Waals surface area contributed by atoms with E-state index in [0.717, 1.165) is 37.2 Å². The van der Waals surface area contributed by atoms with Crippen molar-refractivity contribution < 1.29 is 9.53 Å². The van der Waals surface area contributed by atoms with Crippen molar-refractivity contribution in [3.05, 3.63) is 23.8 Å². The Bertz CT molecular complexity index is 481. The Morgan fingerprint density at radius 1 is 1.50 bits per heavy atom. The van der Waals surface area contributed by atoms with Gasteiger partial charge in [-0.2, -0.15) is 0 Å². The minimum absolute atomic E-state index is 0.105. The number of hydrogen-bond acceptors (Lipinski definition) is 3. The van der Waals surface area contributed by atoms with Crippen molar-refractivity contribution in [3.8, 4) is 5.75 Å². The zero-order valence-corrected chi connectivity index (χ0v) is 12.6. The average molecular weight is 276 g/mol. The van der Waals surface area contributed by atoms with Crippen LogP contribution in [-0.4, -0.2) is 26.1 Å². The molecule has 0 saturated heterocycles. The zero-order valence-electron chi connectivity index (χ0n) is 12.6. The monoisotopic (exact) mass is 276 g/mol. The lowest BCUT2D eigenvalue weighted by Crippen LogP contribution is -2.48. The third-order valence-electron chi connectivity index (χ3n) is 4.39. The van der Waals surface area contributed by atoms with Gasteiger partial charge in [0.15, 0.2) is 0 Å². The summed E-state index contributed by atoms with van der Waals surface area (Å²) in [6.45, 7) is 5.06. The van der Waals surface area contributed by atoms with E-state index < -0.39 is 5.41 Å². The normalized spacial score (nSPS) is 17.3. The Morgan fingerprint density at radius 2 is 2.25 bits per heavy atom. The summed E-state index contributed by atoms with van der Waals surface area (Å²) >= 11 is 0. The number of fused-ring (bicyclic) bond motifs is 1. The molecule has 0 fully saturated rings. The summed E-state index contributed by atoms with van der Waals surface area (Å²) in [5, 5.41) is 0. The lowest BCUT2D eigenvalue weighted by atomic mass is 9.85. The molecule has 1 aromatic rings. The van der Waals surface area contributed by atoms with E-state index in [1.54, 1.807) is 7.11 Å². The van der Waals surface area contributed by atoms with Crippen LogP contribution >= 0.6 is 0 Å². The molecule has 1 unspecified atom stereocenters. The number of aryl methyl sites for hydroxylation is 1. The van der Waals surface area contributed by atoms with E-state index >= 15 is 0 Å². The van der Waals surface area contributed by atoms with Crippen LogP contribution in [0.25, 0.3) is 0 Å². The third kappa shape index (κ3) is 2.40. The molecule has 110 valence electrons. The van der Waals surface area contributed by atoms with Crippen LogP contribution in [0.2, 0.25) is 0 Å². The lowest BCUT2D eigenvalue weighted by Gasteiger charge is -2.37. The van der Waals surface area contributed by atoms with Gasteiger partial charge in [0.2, 0.25) is 5.91 Å². The molecular weight excluding hydrogens is 252 g/mol. The van der Waals surface area contributed by atoms with Gasteiger partial charge < -0.3 is 15.4 Å². The number of benzene rings is 1. The fraction of sp³-hybridized carbons (Fsp3) is 0.562. The molecular formula is C16H24N2O2. The number of nitrogens with two attached hydrogens (primary N) is 1. The molecule has 4 heteroatoms. The molecule has 1 heterocycles. The Labute approximate surface area is 120 Å². The molecule has 1 amide bonds. The van der Waals surface area contributed by atoms with Gasteiger partial charge in [-0.15, -0.1) is 0 Å². The molecule has 0 radical (unpaired) electrons. The summed E-state index contributed by atoms with van der Waals surface area (Å²) in [6.07, 6.45) is 2.71. The molecule has 0 aromatic heterocycles. The minimum Gasteiger partial charge on any atom is -0.495 e. The maximum atomic E-state index is 12.9. The van der Waals surface area contributed by atoms with Crippen molar-refractivity contribution in [2.24, 2.45) is 11.1 Å². The van der Waals surface area contributed by atoms with Crippen LogP contribution in [0.15, 0.2) is 18.2 Å². The highest BCUT2D eigenvalue weighted by molar-refractivity contribution is 6.00. The molecule has 2 N–H and O–H groups in total. The minimum atomic E-state index is -0.505. The number of anilines is 1. The Kier molecular flexibility index (Phi) is 4.33. The summed E-state index contributed by atoms with van der Waals surface area (Å²) in [5.74, 6) is 0.874. The van der Waals surface area contributed by atoms with Gasteiger partial charge in [-0.1, -0.05) is 19.1 Å². The molecule has 1 aliphatic rings. The predicted molar refractivity (Wildman–Crippen MR) is 81.1 cm³/mol. The van der Waals surface area contributed by atoms with E-state index in [1.807, 2.05) is 30.9 Å². The van der Waals surface area contributed by atoms with Gasteiger partial charge in [0.05, 0.1) is 18.2 Å². The topological polar surface area (TPSA) is 55.6 Å². The molecule has 0 spiro atoms. The number of methoxy groups -OCH3 is 1. The first-order valence-corrected chi connectivity index (χ1v) is 7.25. The van der Waals surface area contributed by atoms with E-state index in [-0.39, 0.29) is 5.91 Å². The molecule has 1 atom stereocenters. The van der Waals surface area contributed by atoms with Gasteiger partial charge in [0.1, 0.15) is 5.75 Å². The second-order valence-electron chi connectivity index (χ2n) is 5.65. The molecule has 20 heavy (non-hydrogen) atoms. The molecule has 0 saturated carbocycles. The number of ether oxygens (including phenoxy) is 1. The van der Waals surface area contributed by atoms with E-state index in [9.17, 15) is 4.79 Å². The van der Waals surface area contributed by atoms with Crippen molar-refractivity contribution in [2.45, 2.75) is 33.1 Å². The first kappa shape index (κ1) is 14.9. The molecule has 2 rings (SSSR count). The van der Waals surface area contributed by atoms with Crippen molar-refractivity contribution in [2.75, 3.05) is 25.1 Å². The van der Waals surface area contributed by atoms with E-state index in [4.69, 9.17) is 10.5 Å². The van der Waals surface area contributed by atoms with Crippen LogP contribution in [0.4, 0.5) is 5.69 Å². The van der Waals surface area contributed by atoms with Gasteiger partial charge in [-0.3, -0.25) is 4.79 Å². The second-order valence-corrected chi connectivity index (χ2v) is 5.65. The van der Waals surface area contributed by atoms with E-state index in [0.29, 0.717) is 6.54 Å². The van der Waals surface area contributed by atoms with Crippen LogP contribution in [0.1, 0.15) is 32.3 Å². The van der Waals surface area contributed by atoms with Gasteiger partial charge in [0.25, 0.3) is 0 Å². The van der Waals surface area contributed by atoms with Gasteiger partial charge in [-0.25, -0.2) is 0 Å². The number of carbonyl (C=O) groups excluding carboxylic acids is 1. The molecule has 1 aromatic carbocycles. The Morgan fingerprint density at radius 3 is 2.85 bits per heavy atom. The lowest BCUT2D eigenvalue weighted by molar-refractivity contribution is -0.127. The van der Waals surface area contributed by atoms with Crippen molar-refractivity contribution in [1.82, 2.24) is 0 Å². The molecule has 0 bridgehead atoms. The summed E-state index contributed by atoms with van der Waals surface area (Å²) in [7, 11) is 1.65. The van der Waals surface area contributed by atoms with Crippen LogP contribution in [-0.2, 0) is 11.2 Å². The molecule has 4 nitrogen and oxygen atoms in total. The van der Waals surface area contributed by atoms with Gasteiger partial charge in [0, 0.05) is 13.1 Å². The van der Waals surface area contributed by atoms with Crippen molar-refractivity contribution >= 4 is 11.6 Å². The highest BCUT2D eigenvalue weighted by atomic mass is 16.5. The van der Waals surface area contributed by atoms with Crippen LogP contribution in [0, 0.1) is 5.41 Å². The number of carbonyl (C=O) groups is 1. The van der Waals surface area contributed by atoms with Crippen LogP contribution < -0.4 is 15.4 Å². The highest BCUT2D eigenvalue weighted by Crippen LogP contribution is 2.38. The van der Waals surface area contributed by atoms with Crippen LogP contribution in [0.5, 0.6) is 5.75 Å². The Balaban J connectivity index is 2.44. The standard InChI is InChI=1S/C16H24N2O2/c1-4-16(2,11-17)15(19)18-10-6-8-12-7-5-9-13(20-3)14(12)18/h5,7,9H,4,6,8,10-11,17H2,1-3H3. The summed E-state index contributed by atoms with van der Waals surface area (Å²) in [6, 6.07) is 5.97. The number of rotatable bonds is 4. The van der Waals surface area contributed by atoms with E-state index in [2.05, 4.69) is 6.07 Å². The highest BCUT2D eigenvalue weighted by Gasteiger charge is 2.37. The second kappa shape index (κ2) is 5.83. The summed E-state index contributed by atoms with van der Waals surface area (Å²) in [5.41, 5.74) is 7.44. The fourth-order valence-corrected chi connectivity index (χ4v) is 2.69. The quantitative estimate of drug-likeness (QED) is 0.918. The third-order valence-corrected chi connectivity index (χ3v) is 4.39. The maximum Gasteiger partial charge on any atom is 0.234 e. The number of nitrogens with zero attached hydrogens (tertiary/aromatic N) is 1. The maximum absolute atomic E-state index is 12.9. The van der Waals surface area contributed by atoms with Crippen molar-refractivity contribution in [1.29, 1.82) is 0 Å².